The zero-order chi connectivity index (χ0) is 20.4. The second kappa shape index (κ2) is 8.21. The maximum atomic E-state index is 13.1. The van der Waals surface area contributed by atoms with E-state index in [9.17, 15) is 14.0 Å². The van der Waals surface area contributed by atoms with E-state index in [1.807, 2.05) is 12.1 Å². The maximum Gasteiger partial charge on any atom is 0.419 e. The molecule has 7 heteroatoms. The monoisotopic (exact) mass is 397 g/mol. The molecule has 0 spiro atoms. The molecular formula is C22H24FN3O3. The van der Waals surface area contributed by atoms with E-state index < -0.39 is 0 Å². The van der Waals surface area contributed by atoms with Crippen molar-refractivity contribution in [1.29, 1.82) is 0 Å². The van der Waals surface area contributed by atoms with Gasteiger partial charge in [0.05, 0.1) is 5.52 Å². The summed E-state index contributed by atoms with van der Waals surface area (Å²) in [7, 11) is 0. The van der Waals surface area contributed by atoms with E-state index in [4.69, 9.17) is 4.42 Å². The molecule has 4 rings (SSSR count). The molecule has 3 aromatic rings. The summed E-state index contributed by atoms with van der Waals surface area (Å²) in [5, 5.41) is 0. The molecule has 0 saturated carbocycles. The van der Waals surface area contributed by atoms with Crippen molar-refractivity contribution in [3.63, 3.8) is 0 Å². The van der Waals surface area contributed by atoms with Crippen molar-refractivity contribution >= 4 is 22.6 Å². The van der Waals surface area contributed by atoms with Gasteiger partial charge in [-0.3, -0.25) is 14.3 Å². The second-order valence-electron chi connectivity index (χ2n) is 7.42. The molecule has 0 unspecified atom stereocenters. The Balaban J connectivity index is 1.32. The van der Waals surface area contributed by atoms with Gasteiger partial charge in [0, 0.05) is 44.0 Å². The number of nitrogens with zero attached hydrogens (tertiary/aromatic N) is 3. The van der Waals surface area contributed by atoms with Crippen LogP contribution in [0.4, 0.5) is 10.1 Å². The number of hydrogen-bond donors (Lipinski definition) is 0. The number of benzene rings is 2. The van der Waals surface area contributed by atoms with Gasteiger partial charge in [0.1, 0.15) is 5.82 Å². The lowest BCUT2D eigenvalue weighted by atomic mass is 10.1. The first-order valence-electron chi connectivity index (χ1n) is 9.88. The number of rotatable bonds is 6. The molecule has 2 heterocycles. The Morgan fingerprint density at radius 2 is 1.76 bits per heavy atom. The third-order valence-electron chi connectivity index (χ3n) is 5.49. The SMILES string of the molecule is CC(=O)c1ccc2c(c1)oc(=O)n2CCCN1CCN(c2ccc(F)cc2)CC1. The molecule has 1 aromatic heterocycles. The molecule has 0 N–H and O–H groups in total. The van der Waals surface area contributed by atoms with E-state index >= 15 is 0 Å². The Bertz CT molecular complexity index is 1060. The topological polar surface area (TPSA) is 58.7 Å². The molecule has 6 nitrogen and oxygen atoms in total. The number of carbonyl (C=O) groups is 1. The number of aryl methyl sites for hydroxylation is 1. The van der Waals surface area contributed by atoms with E-state index in [-0.39, 0.29) is 17.4 Å². The molecule has 1 fully saturated rings. The zero-order valence-electron chi connectivity index (χ0n) is 16.4. The third kappa shape index (κ3) is 4.24. The fraction of sp³-hybridized carbons (Fsp3) is 0.364. The summed E-state index contributed by atoms with van der Waals surface area (Å²) in [6.07, 6.45) is 0.833. The average Bonchev–Trinajstić information content (AvgIpc) is 3.03. The highest BCUT2D eigenvalue weighted by Gasteiger charge is 2.17. The van der Waals surface area contributed by atoms with Gasteiger partial charge in [-0.15, -0.1) is 0 Å². The number of hydrogen-bond acceptors (Lipinski definition) is 5. The fourth-order valence-corrected chi connectivity index (χ4v) is 3.83. The van der Waals surface area contributed by atoms with Gasteiger partial charge in [0.25, 0.3) is 0 Å². The Labute approximate surface area is 168 Å². The number of fused-ring (bicyclic) bond motifs is 1. The van der Waals surface area contributed by atoms with Crippen LogP contribution in [-0.2, 0) is 6.54 Å². The van der Waals surface area contributed by atoms with Crippen LogP contribution >= 0.6 is 0 Å². The number of ketones is 1. The van der Waals surface area contributed by atoms with Crippen molar-refractivity contribution in [3.8, 4) is 0 Å². The number of aromatic nitrogens is 1. The van der Waals surface area contributed by atoms with Crippen LogP contribution in [0.2, 0.25) is 0 Å². The zero-order valence-corrected chi connectivity index (χ0v) is 16.4. The Kier molecular flexibility index (Phi) is 5.49. The Morgan fingerprint density at radius 1 is 1.03 bits per heavy atom. The average molecular weight is 397 g/mol. The number of halogens is 1. The van der Waals surface area contributed by atoms with Gasteiger partial charge < -0.3 is 9.32 Å². The van der Waals surface area contributed by atoms with Crippen LogP contribution in [0.5, 0.6) is 0 Å². The largest absolute Gasteiger partial charge is 0.419 e. The number of Topliss-reactive ketones (excluding diaryl/α,β-unsaturated/α-hetero) is 1. The molecular weight excluding hydrogens is 373 g/mol. The van der Waals surface area contributed by atoms with E-state index in [1.54, 1.807) is 22.8 Å². The lowest BCUT2D eigenvalue weighted by Crippen LogP contribution is -2.46. The van der Waals surface area contributed by atoms with Crippen LogP contribution in [0.25, 0.3) is 11.1 Å². The minimum absolute atomic E-state index is 0.0536. The van der Waals surface area contributed by atoms with Crippen LogP contribution in [0.1, 0.15) is 23.7 Å². The highest BCUT2D eigenvalue weighted by molar-refractivity contribution is 5.96. The number of oxazole rings is 1. The summed E-state index contributed by atoms with van der Waals surface area (Å²) in [6.45, 7) is 6.61. The first-order chi connectivity index (χ1) is 14.0. The van der Waals surface area contributed by atoms with Gasteiger partial charge in [-0.05, 0) is 62.4 Å². The van der Waals surface area contributed by atoms with Crippen molar-refractivity contribution in [1.82, 2.24) is 9.47 Å². The molecule has 2 aromatic carbocycles. The Hall–Kier alpha value is -2.93. The van der Waals surface area contributed by atoms with Crippen LogP contribution in [-0.4, -0.2) is 48.0 Å². The predicted octanol–water partition coefficient (Wildman–Crippen LogP) is 3.15. The minimum atomic E-state index is -0.387. The van der Waals surface area contributed by atoms with Crippen LogP contribution in [0.15, 0.2) is 51.7 Å². The van der Waals surface area contributed by atoms with Crippen LogP contribution < -0.4 is 10.7 Å². The van der Waals surface area contributed by atoms with Gasteiger partial charge >= 0.3 is 5.76 Å². The second-order valence-corrected chi connectivity index (χ2v) is 7.42. The van der Waals surface area contributed by atoms with Crippen molar-refractivity contribution in [2.45, 2.75) is 19.9 Å². The number of anilines is 1. The van der Waals surface area contributed by atoms with E-state index in [0.29, 0.717) is 17.7 Å². The smallest absolute Gasteiger partial charge is 0.408 e. The minimum Gasteiger partial charge on any atom is -0.408 e. The lowest BCUT2D eigenvalue weighted by molar-refractivity contribution is 0.101. The van der Waals surface area contributed by atoms with Crippen molar-refractivity contribution in [2.24, 2.45) is 0 Å². The number of carbonyl (C=O) groups excluding carboxylic acids is 1. The first kappa shape index (κ1) is 19.4. The summed E-state index contributed by atoms with van der Waals surface area (Å²) in [4.78, 5) is 28.3. The summed E-state index contributed by atoms with van der Waals surface area (Å²) >= 11 is 0. The summed E-state index contributed by atoms with van der Waals surface area (Å²) < 4.78 is 20.0. The van der Waals surface area contributed by atoms with Crippen molar-refractivity contribution in [3.05, 3.63) is 64.4 Å². The fourth-order valence-electron chi connectivity index (χ4n) is 3.83. The summed E-state index contributed by atoms with van der Waals surface area (Å²) in [6, 6.07) is 11.8. The molecule has 0 amide bonds. The molecule has 0 radical (unpaired) electrons. The molecule has 0 aliphatic carbocycles. The van der Waals surface area contributed by atoms with Crippen molar-refractivity contribution < 1.29 is 13.6 Å². The summed E-state index contributed by atoms with van der Waals surface area (Å²) in [5.74, 6) is -0.657. The molecule has 152 valence electrons. The van der Waals surface area contributed by atoms with Gasteiger partial charge in [-0.2, -0.15) is 0 Å². The highest BCUT2D eigenvalue weighted by atomic mass is 19.1. The molecule has 1 saturated heterocycles. The Morgan fingerprint density at radius 3 is 2.45 bits per heavy atom. The quantitative estimate of drug-likeness (QED) is 0.598. The first-order valence-corrected chi connectivity index (χ1v) is 9.88. The predicted molar refractivity (Wildman–Crippen MR) is 110 cm³/mol. The molecule has 29 heavy (non-hydrogen) atoms. The molecule has 0 bridgehead atoms. The maximum absolute atomic E-state index is 13.1. The standard InChI is InChI=1S/C22H24FN3O3/c1-16(27)17-3-8-20-21(15-17)29-22(28)26(20)10-2-9-24-11-13-25(14-12-24)19-6-4-18(23)5-7-19/h3-8,15H,2,9-14H2,1H3. The van der Waals surface area contributed by atoms with E-state index in [0.717, 1.165) is 50.3 Å². The molecule has 1 aliphatic heterocycles. The molecule has 1 aliphatic rings. The normalized spacial score (nSPS) is 15.2. The molecule has 0 atom stereocenters. The van der Waals surface area contributed by atoms with Gasteiger partial charge in [0.2, 0.25) is 0 Å². The highest BCUT2D eigenvalue weighted by Crippen LogP contribution is 2.18. The van der Waals surface area contributed by atoms with E-state index in [1.165, 1.54) is 19.1 Å². The van der Waals surface area contributed by atoms with Gasteiger partial charge in [-0.1, -0.05) is 0 Å². The van der Waals surface area contributed by atoms with E-state index in [2.05, 4.69) is 9.80 Å². The van der Waals surface area contributed by atoms with Crippen LogP contribution in [0.3, 0.4) is 0 Å². The van der Waals surface area contributed by atoms with Gasteiger partial charge in [-0.25, -0.2) is 9.18 Å². The lowest BCUT2D eigenvalue weighted by Gasteiger charge is -2.36. The third-order valence-corrected chi connectivity index (χ3v) is 5.49. The van der Waals surface area contributed by atoms with Crippen molar-refractivity contribution in [2.75, 3.05) is 37.6 Å². The summed E-state index contributed by atoms with van der Waals surface area (Å²) in [5.41, 5.74) is 2.77. The van der Waals surface area contributed by atoms with Gasteiger partial charge in [0.15, 0.2) is 11.4 Å². The van der Waals surface area contributed by atoms with Crippen LogP contribution in [0, 0.1) is 5.82 Å². The number of piperazine rings is 1.